The molecule has 120 valence electrons. The van der Waals surface area contributed by atoms with Crippen molar-refractivity contribution in [2.45, 2.75) is 26.4 Å². The quantitative estimate of drug-likeness (QED) is 0.757. The van der Waals surface area contributed by atoms with Gasteiger partial charge in [0.15, 0.2) is 11.5 Å². The van der Waals surface area contributed by atoms with Crippen molar-refractivity contribution in [3.8, 4) is 11.5 Å². The third-order valence-electron chi connectivity index (χ3n) is 3.21. The van der Waals surface area contributed by atoms with Crippen molar-refractivity contribution < 1.29 is 14.2 Å². The Labute approximate surface area is 130 Å². The molecule has 0 aliphatic carbocycles. The van der Waals surface area contributed by atoms with Crippen molar-refractivity contribution in [2.24, 2.45) is 0 Å². The average Bonchev–Trinajstić information content (AvgIpc) is 2.53. The summed E-state index contributed by atoms with van der Waals surface area (Å²) in [5.41, 5.74) is 0.734. The lowest BCUT2D eigenvalue weighted by Crippen LogP contribution is -2.10. The van der Waals surface area contributed by atoms with E-state index < -0.39 is 0 Å². The molecule has 1 heterocycles. The lowest BCUT2D eigenvalue weighted by molar-refractivity contribution is 0.0787. The van der Waals surface area contributed by atoms with Gasteiger partial charge in [-0.25, -0.2) is 9.97 Å². The number of nitrogens with zero attached hydrogens (tertiary/aromatic N) is 2. The number of nitrogens with one attached hydrogen (secondary N) is 1. The molecule has 0 bridgehead atoms. The molecule has 0 atom stereocenters. The average molecular weight is 305 g/mol. The number of methoxy groups -OCH3 is 2. The SMILES string of the molecule is COc1ccc2c(NCCCOC(C)C)ncnc2c1OC. The third kappa shape index (κ3) is 3.76. The summed E-state index contributed by atoms with van der Waals surface area (Å²) < 4.78 is 16.2. The maximum atomic E-state index is 5.52. The molecule has 0 fully saturated rings. The second kappa shape index (κ2) is 7.79. The Morgan fingerprint density at radius 3 is 2.64 bits per heavy atom. The van der Waals surface area contributed by atoms with Gasteiger partial charge in [0.2, 0.25) is 0 Å². The number of anilines is 1. The highest BCUT2D eigenvalue weighted by atomic mass is 16.5. The number of rotatable bonds is 8. The van der Waals surface area contributed by atoms with Crippen LogP contribution < -0.4 is 14.8 Å². The minimum absolute atomic E-state index is 0.261. The van der Waals surface area contributed by atoms with Crippen LogP contribution >= 0.6 is 0 Å². The molecule has 0 saturated carbocycles. The van der Waals surface area contributed by atoms with Crippen LogP contribution in [0.25, 0.3) is 10.9 Å². The summed E-state index contributed by atoms with van der Waals surface area (Å²) >= 11 is 0. The summed E-state index contributed by atoms with van der Waals surface area (Å²) in [5, 5.41) is 4.23. The van der Waals surface area contributed by atoms with Gasteiger partial charge < -0.3 is 19.5 Å². The second-order valence-corrected chi connectivity index (χ2v) is 5.12. The van der Waals surface area contributed by atoms with Crippen LogP contribution in [-0.2, 0) is 4.74 Å². The Morgan fingerprint density at radius 2 is 1.95 bits per heavy atom. The van der Waals surface area contributed by atoms with E-state index in [0.717, 1.165) is 36.3 Å². The van der Waals surface area contributed by atoms with E-state index in [4.69, 9.17) is 14.2 Å². The first-order valence-electron chi connectivity index (χ1n) is 7.38. The summed E-state index contributed by atoms with van der Waals surface area (Å²) in [6.45, 7) is 5.58. The summed E-state index contributed by atoms with van der Waals surface area (Å²) in [6.07, 6.45) is 2.70. The molecule has 6 nitrogen and oxygen atoms in total. The van der Waals surface area contributed by atoms with Gasteiger partial charge in [0.05, 0.1) is 20.3 Å². The predicted molar refractivity (Wildman–Crippen MR) is 86.8 cm³/mol. The summed E-state index contributed by atoms with van der Waals surface area (Å²) in [5.74, 6) is 2.06. The van der Waals surface area contributed by atoms with Crippen molar-refractivity contribution >= 4 is 16.7 Å². The van der Waals surface area contributed by atoms with Gasteiger partial charge in [0.1, 0.15) is 17.7 Å². The highest BCUT2D eigenvalue weighted by Gasteiger charge is 2.13. The van der Waals surface area contributed by atoms with Gasteiger partial charge in [0.25, 0.3) is 0 Å². The number of fused-ring (bicyclic) bond motifs is 1. The molecule has 6 heteroatoms. The fraction of sp³-hybridized carbons (Fsp3) is 0.500. The third-order valence-corrected chi connectivity index (χ3v) is 3.21. The summed E-state index contributed by atoms with van der Waals surface area (Å²) in [4.78, 5) is 8.62. The monoisotopic (exact) mass is 305 g/mol. The smallest absolute Gasteiger partial charge is 0.187 e. The molecule has 1 N–H and O–H groups in total. The number of hydrogen-bond acceptors (Lipinski definition) is 6. The zero-order valence-electron chi connectivity index (χ0n) is 13.5. The van der Waals surface area contributed by atoms with E-state index >= 15 is 0 Å². The molecule has 1 aromatic carbocycles. The van der Waals surface area contributed by atoms with E-state index in [9.17, 15) is 0 Å². The summed E-state index contributed by atoms with van der Waals surface area (Å²) in [7, 11) is 3.22. The topological polar surface area (TPSA) is 65.5 Å². The fourth-order valence-corrected chi connectivity index (χ4v) is 2.18. The molecule has 0 amide bonds. The number of hydrogen-bond donors (Lipinski definition) is 1. The zero-order valence-corrected chi connectivity index (χ0v) is 13.5. The number of ether oxygens (including phenoxy) is 3. The Balaban J connectivity index is 2.14. The van der Waals surface area contributed by atoms with E-state index in [2.05, 4.69) is 15.3 Å². The maximum absolute atomic E-state index is 5.52. The molecule has 0 spiro atoms. The van der Waals surface area contributed by atoms with E-state index in [0.29, 0.717) is 11.5 Å². The summed E-state index contributed by atoms with van der Waals surface area (Å²) in [6, 6.07) is 3.79. The van der Waals surface area contributed by atoms with Gasteiger partial charge in [-0.15, -0.1) is 0 Å². The Bertz CT molecular complexity index is 617. The lowest BCUT2D eigenvalue weighted by Gasteiger charge is -2.13. The molecule has 0 radical (unpaired) electrons. The van der Waals surface area contributed by atoms with Crippen LogP contribution in [0.15, 0.2) is 18.5 Å². The van der Waals surface area contributed by atoms with Crippen LogP contribution in [0.5, 0.6) is 11.5 Å². The zero-order chi connectivity index (χ0) is 15.9. The Kier molecular flexibility index (Phi) is 5.77. The number of benzene rings is 1. The van der Waals surface area contributed by atoms with Crippen molar-refractivity contribution in [1.82, 2.24) is 9.97 Å². The van der Waals surface area contributed by atoms with Crippen LogP contribution in [0, 0.1) is 0 Å². The predicted octanol–water partition coefficient (Wildman–Crippen LogP) is 2.87. The van der Waals surface area contributed by atoms with Gasteiger partial charge in [-0.1, -0.05) is 0 Å². The fourth-order valence-electron chi connectivity index (χ4n) is 2.18. The highest BCUT2D eigenvalue weighted by molar-refractivity contribution is 5.94. The molecule has 0 saturated heterocycles. The number of aromatic nitrogens is 2. The van der Waals surface area contributed by atoms with E-state index in [1.54, 1.807) is 14.2 Å². The van der Waals surface area contributed by atoms with Crippen LogP contribution in [0.2, 0.25) is 0 Å². The lowest BCUT2D eigenvalue weighted by atomic mass is 10.2. The van der Waals surface area contributed by atoms with E-state index in [1.807, 2.05) is 26.0 Å². The Hall–Kier alpha value is -2.08. The first kappa shape index (κ1) is 16.3. The first-order chi connectivity index (χ1) is 10.7. The van der Waals surface area contributed by atoms with Gasteiger partial charge in [-0.3, -0.25) is 0 Å². The molecular formula is C16H23N3O3. The van der Waals surface area contributed by atoms with E-state index in [-0.39, 0.29) is 6.10 Å². The molecule has 1 aromatic heterocycles. The van der Waals surface area contributed by atoms with Crippen molar-refractivity contribution in [3.63, 3.8) is 0 Å². The Morgan fingerprint density at radius 1 is 1.14 bits per heavy atom. The molecule has 0 aliphatic heterocycles. The largest absolute Gasteiger partial charge is 0.493 e. The molecular weight excluding hydrogens is 282 g/mol. The maximum Gasteiger partial charge on any atom is 0.187 e. The normalized spacial score (nSPS) is 11.0. The van der Waals surface area contributed by atoms with Crippen molar-refractivity contribution in [3.05, 3.63) is 18.5 Å². The van der Waals surface area contributed by atoms with Crippen molar-refractivity contribution in [1.29, 1.82) is 0 Å². The van der Waals surface area contributed by atoms with Crippen LogP contribution in [0.1, 0.15) is 20.3 Å². The highest BCUT2D eigenvalue weighted by Crippen LogP contribution is 2.35. The van der Waals surface area contributed by atoms with Crippen LogP contribution in [0.4, 0.5) is 5.82 Å². The standard InChI is InChI=1S/C16H23N3O3/c1-11(2)22-9-5-8-17-16-12-6-7-13(20-3)15(21-4)14(12)18-10-19-16/h6-7,10-11H,5,8-9H2,1-4H3,(H,17,18,19). The van der Waals surface area contributed by atoms with Crippen LogP contribution in [0.3, 0.4) is 0 Å². The van der Waals surface area contributed by atoms with Gasteiger partial charge in [-0.2, -0.15) is 0 Å². The molecule has 0 unspecified atom stereocenters. The van der Waals surface area contributed by atoms with Crippen LogP contribution in [-0.4, -0.2) is 43.4 Å². The van der Waals surface area contributed by atoms with Crippen molar-refractivity contribution in [2.75, 3.05) is 32.7 Å². The molecule has 2 aromatic rings. The molecule has 22 heavy (non-hydrogen) atoms. The van der Waals surface area contributed by atoms with Gasteiger partial charge in [0, 0.05) is 18.5 Å². The minimum Gasteiger partial charge on any atom is -0.493 e. The van der Waals surface area contributed by atoms with E-state index in [1.165, 1.54) is 6.33 Å². The molecule has 2 rings (SSSR count). The first-order valence-corrected chi connectivity index (χ1v) is 7.38. The van der Waals surface area contributed by atoms with Gasteiger partial charge in [-0.05, 0) is 32.4 Å². The second-order valence-electron chi connectivity index (χ2n) is 5.12. The molecule has 0 aliphatic rings. The van der Waals surface area contributed by atoms with Gasteiger partial charge >= 0.3 is 0 Å². The minimum atomic E-state index is 0.261.